The monoisotopic (exact) mass is 320 g/mol. The van der Waals surface area contributed by atoms with E-state index in [0.717, 1.165) is 0 Å². The molecule has 0 aliphatic carbocycles. The maximum atomic E-state index is 12.2. The van der Waals surface area contributed by atoms with Crippen LogP contribution in [0.2, 0.25) is 0 Å². The van der Waals surface area contributed by atoms with Crippen molar-refractivity contribution >= 4 is 28.6 Å². The van der Waals surface area contributed by atoms with Gasteiger partial charge in [0.2, 0.25) is 11.5 Å². The molecule has 0 aromatic carbocycles. The quantitative estimate of drug-likeness (QED) is 0.810. The summed E-state index contributed by atoms with van der Waals surface area (Å²) in [7, 11) is 0. The third kappa shape index (κ3) is 1.86. The summed E-state index contributed by atoms with van der Waals surface area (Å²) in [5, 5.41) is 8.50. The molecule has 0 fully saturated rings. The summed E-state index contributed by atoms with van der Waals surface area (Å²) in [6, 6.07) is 0. The minimum absolute atomic E-state index is 0.0255. The highest BCUT2D eigenvalue weighted by atomic mass is 127. The van der Waals surface area contributed by atoms with Gasteiger partial charge < -0.3 is 9.52 Å². The predicted octanol–water partition coefficient (Wildman–Crippen LogP) is 2.91. The lowest BCUT2D eigenvalue weighted by Gasteiger charge is -2.02. The van der Waals surface area contributed by atoms with E-state index in [1.165, 1.54) is 29.5 Å². The number of aromatic carboxylic acids is 1. The first kappa shape index (κ1) is 11.3. The van der Waals surface area contributed by atoms with Crippen LogP contribution in [0.1, 0.15) is 21.9 Å². The van der Waals surface area contributed by atoms with Crippen molar-refractivity contribution in [2.75, 3.05) is 0 Å². The van der Waals surface area contributed by atoms with Gasteiger partial charge in [-0.1, -0.05) is 0 Å². The topological polar surface area (TPSA) is 50.4 Å². The molecule has 78 valence electrons. The van der Waals surface area contributed by atoms with E-state index >= 15 is 0 Å². The molecule has 0 saturated heterocycles. The molecule has 1 rings (SSSR count). The smallest absolute Gasteiger partial charge is 0.449 e. The summed E-state index contributed by atoms with van der Waals surface area (Å²) in [6.45, 7) is 1.17. The highest BCUT2D eigenvalue weighted by molar-refractivity contribution is 14.1. The molecule has 1 aromatic heterocycles. The van der Waals surface area contributed by atoms with Crippen molar-refractivity contribution in [3.05, 3.63) is 20.7 Å². The zero-order valence-electron chi connectivity index (χ0n) is 6.78. The standard InChI is InChI=1S/C7H4F3IO3/c1-2-3(11)4(6(12)13)14-5(2)7(8,9)10/h1H3,(H,12,13). The van der Waals surface area contributed by atoms with Crippen LogP contribution in [-0.4, -0.2) is 11.1 Å². The summed E-state index contributed by atoms with van der Waals surface area (Å²) in [5.74, 6) is -3.43. The van der Waals surface area contributed by atoms with Gasteiger partial charge in [0.05, 0.1) is 3.57 Å². The van der Waals surface area contributed by atoms with E-state index in [0.29, 0.717) is 0 Å². The number of carbonyl (C=O) groups is 1. The zero-order chi connectivity index (χ0) is 11.1. The van der Waals surface area contributed by atoms with Crippen molar-refractivity contribution in [1.82, 2.24) is 0 Å². The number of furan rings is 1. The van der Waals surface area contributed by atoms with Gasteiger partial charge in [-0.05, 0) is 29.5 Å². The first-order valence-electron chi connectivity index (χ1n) is 3.34. The minimum Gasteiger partial charge on any atom is -0.475 e. The van der Waals surface area contributed by atoms with E-state index in [9.17, 15) is 18.0 Å². The SMILES string of the molecule is Cc1c(C(F)(F)F)oc(C(=O)O)c1I. The molecule has 3 nitrogen and oxygen atoms in total. The van der Waals surface area contributed by atoms with Gasteiger partial charge in [-0.25, -0.2) is 4.79 Å². The van der Waals surface area contributed by atoms with Gasteiger partial charge >= 0.3 is 12.1 Å². The Hall–Kier alpha value is -0.730. The molecule has 0 aliphatic rings. The van der Waals surface area contributed by atoms with Gasteiger partial charge in [0.15, 0.2) is 0 Å². The largest absolute Gasteiger partial charge is 0.475 e. The van der Waals surface area contributed by atoms with Gasteiger partial charge in [-0.3, -0.25) is 0 Å². The Morgan fingerprint density at radius 1 is 1.50 bits per heavy atom. The van der Waals surface area contributed by atoms with Crippen molar-refractivity contribution in [3.8, 4) is 0 Å². The van der Waals surface area contributed by atoms with Crippen LogP contribution < -0.4 is 0 Å². The number of carboxylic acid groups (broad SMARTS) is 1. The Kier molecular flexibility index (Phi) is 2.79. The van der Waals surface area contributed by atoms with Crippen molar-refractivity contribution < 1.29 is 27.5 Å². The Morgan fingerprint density at radius 2 is 2.00 bits per heavy atom. The molecule has 7 heteroatoms. The Bertz CT molecular complexity index is 380. The van der Waals surface area contributed by atoms with Crippen molar-refractivity contribution in [2.24, 2.45) is 0 Å². The fraction of sp³-hybridized carbons (Fsp3) is 0.286. The van der Waals surface area contributed by atoms with Crippen LogP contribution in [0.25, 0.3) is 0 Å². The van der Waals surface area contributed by atoms with Crippen molar-refractivity contribution in [2.45, 2.75) is 13.1 Å². The molecular weight excluding hydrogens is 316 g/mol. The molecule has 0 saturated carbocycles. The van der Waals surface area contributed by atoms with Crippen LogP contribution in [-0.2, 0) is 6.18 Å². The molecular formula is C7H4F3IO3. The number of alkyl halides is 3. The van der Waals surface area contributed by atoms with Crippen LogP contribution in [0.5, 0.6) is 0 Å². The first-order valence-corrected chi connectivity index (χ1v) is 4.42. The second kappa shape index (κ2) is 3.44. The molecule has 0 amide bonds. The van der Waals surface area contributed by atoms with Crippen molar-refractivity contribution in [1.29, 1.82) is 0 Å². The number of rotatable bonds is 1. The van der Waals surface area contributed by atoms with Crippen molar-refractivity contribution in [3.63, 3.8) is 0 Å². The highest BCUT2D eigenvalue weighted by Gasteiger charge is 2.39. The number of hydrogen-bond acceptors (Lipinski definition) is 2. The van der Waals surface area contributed by atoms with E-state index in [1.54, 1.807) is 0 Å². The van der Waals surface area contributed by atoms with Gasteiger partial charge in [0.25, 0.3) is 0 Å². The Labute approximate surface area is 90.0 Å². The molecule has 0 bridgehead atoms. The van der Waals surface area contributed by atoms with Gasteiger partial charge in [-0.2, -0.15) is 13.2 Å². The van der Waals surface area contributed by atoms with E-state index in [1.807, 2.05) is 0 Å². The lowest BCUT2D eigenvalue weighted by atomic mass is 10.2. The summed E-state index contributed by atoms with van der Waals surface area (Å²) >= 11 is 1.51. The second-order valence-corrected chi connectivity index (χ2v) is 3.58. The number of hydrogen-bond donors (Lipinski definition) is 1. The van der Waals surface area contributed by atoms with Crippen LogP contribution in [0.3, 0.4) is 0 Å². The fourth-order valence-corrected chi connectivity index (χ4v) is 1.49. The number of halogens is 4. The van der Waals surface area contributed by atoms with Crippen LogP contribution in [0.15, 0.2) is 4.42 Å². The van der Waals surface area contributed by atoms with Gasteiger partial charge in [0.1, 0.15) is 0 Å². The molecule has 0 aliphatic heterocycles. The molecule has 0 spiro atoms. The average molecular weight is 320 g/mol. The van der Waals surface area contributed by atoms with E-state index in [-0.39, 0.29) is 9.13 Å². The third-order valence-electron chi connectivity index (χ3n) is 1.53. The lowest BCUT2D eigenvalue weighted by molar-refractivity contribution is -0.153. The molecule has 0 atom stereocenters. The summed E-state index contributed by atoms with van der Waals surface area (Å²) in [6.07, 6.45) is -4.66. The minimum atomic E-state index is -4.66. The zero-order valence-corrected chi connectivity index (χ0v) is 8.93. The molecule has 14 heavy (non-hydrogen) atoms. The first-order chi connectivity index (χ1) is 6.25. The van der Waals surface area contributed by atoms with E-state index in [4.69, 9.17) is 5.11 Å². The predicted molar refractivity (Wildman–Crippen MR) is 48.1 cm³/mol. The Balaban J connectivity index is 3.37. The maximum absolute atomic E-state index is 12.2. The van der Waals surface area contributed by atoms with Gasteiger partial charge in [-0.15, -0.1) is 0 Å². The summed E-state index contributed by atoms with van der Waals surface area (Å²) < 4.78 is 40.9. The molecule has 1 aromatic rings. The molecule has 1 heterocycles. The normalized spacial score (nSPS) is 11.8. The fourth-order valence-electron chi connectivity index (χ4n) is 0.901. The number of carboxylic acids is 1. The Morgan fingerprint density at radius 3 is 2.21 bits per heavy atom. The maximum Gasteiger partial charge on any atom is 0.449 e. The molecule has 0 unspecified atom stereocenters. The second-order valence-electron chi connectivity index (χ2n) is 2.50. The third-order valence-corrected chi connectivity index (χ3v) is 2.82. The summed E-state index contributed by atoms with van der Waals surface area (Å²) in [5.41, 5.74) is -0.199. The average Bonchev–Trinajstić information content (AvgIpc) is 2.28. The molecule has 1 N–H and O–H groups in total. The molecule has 0 radical (unpaired) electrons. The van der Waals surface area contributed by atoms with Crippen LogP contribution >= 0.6 is 22.6 Å². The van der Waals surface area contributed by atoms with E-state index in [2.05, 4.69) is 4.42 Å². The highest BCUT2D eigenvalue weighted by Crippen LogP contribution is 2.36. The van der Waals surface area contributed by atoms with Crippen LogP contribution in [0, 0.1) is 10.5 Å². The van der Waals surface area contributed by atoms with E-state index < -0.39 is 23.7 Å². The van der Waals surface area contributed by atoms with Gasteiger partial charge in [0, 0.05) is 5.56 Å². The summed E-state index contributed by atoms with van der Waals surface area (Å²) in [4.78, 5) is 10.4. The lowest BCUT2D eigenvalue weighted by Crippen LogP contribution is -2.04. The van der Waals surface area contributed by atoms with Crippen LogP contribution in [0.4, 0.5) is 13.2 Å².